The van der Waals surface area contributed by atoms with Crippen LogP contribution in [0.25, 0.3) is 0 Å². The van der Waals surface area contributed by atoms with Gasteiger partial charge in [-0.15, -0.1) is 0 Å². The van der Waals surface area contributed by atoms with Gasteiger partial charge in [0.25, 0.3) is 0 Å². The molecule has 88 valence electrons. The van der Waals surface area contributed by atoms with E-state index in [0.717, 1.165) is 5.56 Å². The molecule has 1 aromatic carbocycles. The number of hydrogen-bond acceptors (Lipinski definition) is 2. The summed E-state index contributed by atoms with van der Waals surface area (Å²) in [6.07, 6.45) is 3.20. The van der Waals surface area contributed by atoms with E-state index in [4.69, 9.17) is 0 Å². The fourth-order valence-electron chi connectivity index (χ4n) is 1.38. The zero-order valence-corrected chi connectivity index (χ0v) is 9.88. The first-order valence-corrected chi connectivity index (χ1v) is 5.69. The smallest absolute Gasteiger partial charge is 0.0824 e. The van der Waals surface area contributed by atoms with Crippen molar-refractivity contribution in [3.05, 3.63) is 48.0 Å². The summed E-state index contributed by atoms with van der Waals surface area (Å²) in [7, 11) is 0. The van der Waals surface area contributed by atoms with Crippen LogP contribution in [0.1, 0.15) is 31.9 Å². The number of hydrogen-bond donors (Lipinski definition) is 2. The molecule has 0 aliphatic heterocycles. The highest BCUT2D eigenvalue weighted by molar-refractivity contribution is 5.18. The molecule has 2 nitrogen and oxygen atoms in total. The molecule has 2 atom stereocenters. The Morgan fingerprint density at radius 1 is 1.12 bits per heavy atom. The van der Waals surface area contributed by atoms with Gasteiger partial charge in [0, 0.05) is 0 Å². The van der Waals surface area contributed by atoms with Gasteiger partial charge in [-0.1, -0.05) is 56.3 Å². The fraction of sp³-hybridized carbons (Fsp3) is 0.429. The lowest BCUT2D eigenvalue weighted by Crippen LogP contribution is -2.10. The second-order valence-corrected chi connectivity index (χ2v) is 4.32. The SMILES string of the molecule is CC(C)[C@@H](O)/C=C\C[C@@H](O)c1ccccc1. The molecule has 0 saturated heterocycles. The number of rotatable bonds is 5. The van der Waals surface area contributed by atoms with Gasteiger partial charge in [0.2, 0.25) is 0 Å². The highest BCUT2D eigenvalue weighted by Crippen LogP contribution is 2.16. The summed E-state index contributed by atoms with van der Waals surface area (Å²) in [4.78, 5) is 0. The predicted molar refractivity (Wildman–Crippen MR) is 66.0 cm³/mol. The van der Waals surface area contributed by atoms with Gasteiger partial charge in [-0.05, 0) is 17.9 Å². The molecule has 16 heavy (non-hydrogen) atoms. The number of aliphatic hydroxyl groups excluding tert-OH is 2. The lowest BCUT2D eigenvalue weighted by atomic mass is 10.0. The normalized spacial score (nSPS) is 15.6. The van der Waals surface area contributed by atoms with Gasteiger partial charge in [-0.2, -0.15) is 0 Å². The largest absolute Gasteiger partial charge is 0.389 e. The van der Waals surface area contributed by atoms with E-state index in [1.807, 2.05) is 50.3 Å². The van der Waals surface area contributed by atoms with Crippen molar-refractivity contribution in [1.29, 1.82) is 0 Å². The molecule has 0 bridgehead atoms. The summed E-state index contributed by atoms with van der Waals surface area (Å²) in [5.41, 5.74) is 0.909. The maximum Gasteiger partial charge on any atom is 0.0824 e. The summed E-state index contributed by atoms with van der Waals surface area (Å²) in [6.45, 7) is 3.92. The molecule has 1 rings (SSSR count). The Hall–Kier alpha value is -1.12. The van der Waals surface area contributed by atoms with Gasteiger partial charge in [0.05, 0.1) is 12.2 Å². The Morgan fingerprint density at radius 2 is 1.75 bits per heavy atom. The van der Waals surface area contributed by atoms with Crippen LogP contribution in [0.3, 0.4) is 0 Å². The van der Waals surface area contributed by atoms with Gasteiger partial charge in [0.1, 0.15) is 0 Å². The van der Waals surface area contributed by atoms with Crippen LogP contribution in [-0.2, 0) is 0 Å². The minimum Gasteiger partial charge on any atom is -0.389 e. The third-order valence-corrected chi connectivity index (χ3v) is 2.56. The maximum absolute atomic E-state index is 9.84. The van der Waals surface area contributed by atoms with Gasteiger partial charge in [-0.25, -0.2) is 0 Å². The first kappa shape index (κ1) is 12.9. The van der Waals surface area contributed by atoms with E-state index < -0.39 is 12.2 Å². The standard InChI is InChI=1S/C14H20O2/c1-11(2)13(15)9-6-10-14(16)12-7-4-3-5-8-12/h3-9,11,13-16H,10H2,1-2H3/b9-6-/t13-,14+/m0/s1. The Morgan fingerprint density at radius 3 is 2.31 bits per heavy atom. The predicted octanol–water partition coefficient (Wildman–Crippen LogP) is 2.68. The average Bonchev–Trinajstić information content (AvgIpc) is 2.29. The molecule has 0 heterocycles. The van der Waals surface area contributed by atoms with Crippen LogP contribution in [0.2, 0.25) is 0 Å². The first-order valence-electron chi connectivity index (χ1n) is 5.69. The van der Waals surface area contributed by atoms with Crippen LogP contribution < -0.4 is 0 Å². The first-order chi connectivity index (χ1) is 7.61. The molecule has 0 radical (unpaired) electrons. The van der Waals surface area contributed by atoms with Crippen molar-refractivity contribution in [1.82, 2.24) is 0 Å². The molecule has 0 unspecified atom stereocenters. The Balaban J connectivity index is 2.44. The summed E-state index contributed by atoms with van der Waals surface area (Å²) in [5, 5.41) is 19.4. The van der Waals surface area contributed by atoms with Crippen LogP contribution in [0, 0.1) is 5.92 Å². The van der Waals surface area contributed by atoms with Crippen molar-refractivity contribution in [3.63, 3.8) is 0 Å². The molecular weight excluding hydrogens is 200 g/mol. The van der Waals surface area contributed by atoms with Gasteiger partial charge in [0.15, 0.2) is 0 Å². The highest BCUT2D eigenvalue weighted by Gasteiger charge is 2.06. The number of benzene rings is 1. The molecule has 0 fully saturated rings. The van der Waals surface area contributed by atoms with Crippen LogP contribution in [-0.4, -0.2) is 16.3 Å². The van der Waals surface area contributed by atoms with Gasteiger partial charge < -0.3 is 10.2 Å². The summed E-state index contributed by atoms with van der Waals surface area (Å²) < 4.78 is 0. The molecule has 0 spiro atoms. The fourth-order valence-corrected chi connectivity index (χ4v) is 1.38. The Kier molecular flexibility index (Phi) is 5.23. The molecule has 0 amide bonds. The summed E-state index contributed by atoms with van der Waals surface area (Å²) in [6, 6.07) is 9.54. The van der Waals surface area contributed by atoms with E-state index >= 15 is 0 Å². The summed E-state index contributed by atoms with van der Waals surface area (Å²) >= 11 is 0. The number of aliphatic hydroxyl groups is 2. The van der Waals surface area contributed by atoms with E-state index in [9.17, 15) is 10.2 Å². The van der Waals surface area contributed by atoms with Crippen molar-refractivity contribution in [2.45, 2.75) is 32.5 Å². The minimum atomic E-state index is -0.489. The molecule has 0 aliphatic carbocycles. The van der Waals surface area contributed by atoms with E-state index in [2.05, 4.69) is 0 Å². The summed E-state index contributed by atoms with van der Waals surface area (Å²) in [5.74, 6) is 0.213. The topological polar surface area (TPSA) is 40.5 Å². The van der Waals surface area contributed by atoms with E-state index in [1.165, 1.54) is 0 Å². The van der Waals surface area contributed by atoms with Crippen molar-refractivity contribution < 1.29 is 10.2 Å². The molecule has 0 saturated carbocycles. The molecule has 2 N–H and O–H groups in total. The molecule has 0 aliphatic rings. The maximum atomic E-state index is 9.84. The van der Waals surface area contributed by atoms with E-state index in [1.54, 1.807) is 6.08 Å². The van der Waals surface area contributed by atoms with Crippen molar-refractivity contribution >= 4 is 0 Å². The quantitative estimate of drug-likeness (QED) is 0.749. The third-order valence-electron chi connectivity index (χ3n) is 2.56. The third kappa shape index (κ3) is 4.17. The minimum absolute atomic E-state index is 0.213. The molecular formula is C14H20O2. The van der Waals surface area contributed by atoms with E-state index in [0.29, 0.717) is 6.42 Å². The van der Waals surface area contributed by atoms with Crippen LogP contribution in [0.5, 0.6) is 0 Å². The van der Waals surface area contributed by atoms with Crippen LogP contribution >= 0.6 is 0 Å². The molecule has 1 aromatic rings. The Labute approximate surface area is 97.2 Å². The van der Waals surface area contributed by atoms with Gasteiger partial charge in [-0.3, -0.25) is 0 Å². The second kappa shape index (κ2) is 6.46. The van der Waals surface area contributed by atoms with Crippen LogP contribution in [0.15, 0.2) is 42.5 Å². The zero-order valence-electron chi connectivity index (χ0n) is 9.88. The monoisotopic (exact) mass is 220 g/mol. The zero-order chi connectivity index (χ0) is 12.0. The average molecular weight is 220 g/mol. The highest BCUT2D eigenvalue weighted by atomic mass is 16.3. The van der Waals surface area contributed by atoms with Crippen molar-refractivity contribution in [2.24, 2.45) is 5.92 Å². The van der Waals surface area contributed by atoms with Crippen LogP contribution in [0.4, 0.5) is 0 Å². The molecule has 2 heteroatoms. The lowest BCUT2D eigenvalue weighted by molar-refractivity contribution is 0.167. The van der Waals surface area contributed by atoms with E-state index in [-0.39, 0.29) is 5.92 Å². The second-order valence-electron chi connectivity index (χ2n) is 4.32. The molecule has 0 aromatic heterocycles. The Bertz CT molecular complexity index is 317. The van der Waals surface area contributed by atoms with Crippen molar-refractivity contribution in [3.8, 4) is 0 Å². The van der Waals surface area contributed by atoms with Gasteiger partial charge >= 0.3 is 0 Å². The van der Waals surface area contributed by atoms with Crippen molar-refractivity contribution in [2.75, 3.05) is 0 Å². The lowest BCUT2D eigenvalue weighted by Gasteiger charge is -2.10.